The molecule has 1 amide bonds. The van der Waals surface area contributed by atoms with E-state index in [2.05, 4.69) is 35.3 Å². The Bertz CT molecular complexity index is 1480. The zero-order valence-electron chi connectivity index (χ0n) is 20.3. The third-order valence-electron chi connectivity index (χ3n) is 6.47. The van der Waals surface area contributed by atoms with Crippen LogP contribution >= 0.6 is 11.3 Å². The maximum atomic E-state index is 12.5. The number of carbonyl (C=O) groups excluding carboxylic acids is 1. The second-order valence-corrected chi connectivity index (χ2v) is 12.7. The van der Waals surface area contributed by atoms with Gasteiger partial charge in [-0.3, -0.25) is 14.1 Å². The predicted octanol–water partition coefficient (Wildman–Crippen LogP) is 4.31. The number of carbonyl (C=O) groups is 1. The molecule has 0 aliphatic carbocycles. The van der Waals surface area contributed by atoms with Crippen LogP contribution in [-0.4, -0.2) is 65.9 Å². The first-order valence-electron chi connectivity index (χ1n) is 11.9. The number of fused-ring (bicyclic) bond motifs is 3. The lowest BCUT2D eigenvalue weighted by Crippen LogP contribution is -2.48. The molecule has 9 heteroatoms. The van der Waals surface area contributed by atoms with Crippen LogP contribution in [0.1, 0.15) is 26.0 Å². The van der Waals surface area contributed by atoms with Gasteiger partial charge in [0.05, 0.1) is 26.5 Å². The molecular formula is C26H30N4O3S2. The highest BCUT2D eigenvalue weighted by Crippen LogP contribution is 2.35. The topological polar surface area (TPSA) is 75.0 Å². The summed E-state index contributed by atoms with van der Waals surface area (Å²) in [5.41, 5.74) is 4.06. The first-order valence-corrected chi connectivity index (χ1v) is 14.6. The third-order valence-corrected chi connectivity index (χ3v) is 8.59. The lowest BCUT2D eigenvalue weighted by atomic mass is 10.1. The molecule has 4 aromatic rings. The molecule has 0 saturated carbocycles. The largest absolute Gasteiger partial charge is 0.340 e. The fourth-order valence-electron chi connectivity index (χ4n) is 4.66. The summed E-state index contributed by atoms with van der Waals surface area (Å²) in [5, 5.41) is 0. The molecule has 0 radical (unpaired) electrons. The van der Waals surface area contributed by atoms with E-state index in [0.717, 1.165) is 58.3 Å². The fourth-order valence-corrected chi connectivity index (χ4v) is 6.46. The molecule has 0 atom stereocenters. The maximum Gasteiger partial charge on any atom is 0.222 e. The van der Waals surface area contributed by atoms with Crippen molar-refractivity contribution in [2.75, 3.05) is 32.4 Å². The number of piperazine rings is 1. The number of benzene rings is 2. The molecule has 0 spiro atoms. The van der Waals surface area contributed by atoms with Crippen LogP contribution in [0.5, 0.6) is 0 Å². The lowest BCUT2D eigenvalue weighted by molar-refractivity contribution is -0.133. The average molecular weight is 511 g/mol. The zero-order valence-corrected chi connectivity index (χ0v) is 21.9. The molecule has 0 bridgehead atoms. The number of nitrogens with zero attached hydrogens (tertiary/aromatic N) is 4. The van der Waals surface area contributed by atoms with Crippen molar-refractivity contribution in [1.82, 2.24) is 19.2 Å². The minimum atomic E-state index is -3.28. The van der Waals surface area contributed by atoms with Gasteiger partial charge in [-0.05, 0) is 24.1 Å². The molecule has 7 nitrogen and oxygen atoms in total. The van der Waals surface area contributed by atoms with Crippen LogP contribution in [-0.2, 0) is 21.2 Å². The summed E-state index contributed by atoms with van der Waals surface area (Å²) in [4.78, 5) is 23.0. The quantitative estimate of drug-likeness (QED) is 0.386. The average Bonchev–Trinajstić information content (AvgIpc) is 3.35. The predicted molar refractivity (Wildman–Crippen MR) is 140 cm³/mol. The Hall–Kier alpha value is -2.75. The van der Waals surface area contributed by atoms with E-state index in [4.69, 9.17) is 4.98 Å². The molecule has 1 aliphatic heterocycles. The van der Waals surface area contributed by atoms with Crippen LogP contribution in [0.3, 0.4) is 0 Å². The van der Waals surface area contributed by atoms with Gasteiger partial charge < -0.3 is 4.90 Å². The highest BCUT2D eigenvalue weighted by molar-refractivity contribution is 7.90. The van der Waals surface area contributed by atoms with E-state index in [-0.39, 0.29) is 5.91 Å². The van der Waals surface area contributed by atoms with Crippen molar-refractivity contribution in [3.8, 4) is 11.3 Å². The Morgan fingerprint density at radius 2 is 1.77 bits per heavy atom. The number of imidazole rings is 1. The second-order valence-electron chi connectivity index (χ2n) is 9.65. The van der Waals surface area contributed by atoms with Gasteiger partial charge in [-0.2, -0.15) is 0 Å². The van der Waals surface area contributed by atoms with Gasteiger partial charge in [-0.15, -0.1) is 0 Å². The van der Waals surface area contributed by atoms with Crippen molar-refractivity contribution < 1.29 is 13.2 Å². The van der Waals surface area contributed by atoms with Crippen molar-refractivity contribution in [3.63, 3.8) is 0 Å². The number of rotatable bonds is 6. The summed E-state index contributed by atoms with van der Waals surface area (Å²) in [6, 6.07) is 15.5. The number of amides is 1. The van der Waals surface area contributed by atoms with Gasteiger partial charge in [0.1, 0.15) is 0 Å². The van der Waals surface area contributed by atoms with Crippen molar-refractivity contribution in [2.45, 2.75) is 31.7 Å². The van der Waals surface area contributed by atoms with Crippen LogP contribution in [0.2, 0.25) is 0 Å². The van der Waals surface area contributed by atoms with Gasteiger partial charge in [-0.25, -0.2) is 13.4 Å². The van der Waals surface area contributed by atoms with Crippen LogP contribution in [0, 0.1) is 5.92 Å². The summed E-state index contributed by atoms with van der Waals surface area (Å²) in [7, 11) is -3.28. The minimum absolute atomic E-state index is 0.238. The minimum Gasteiger partial charge on any atom is -0.340 e. The van der Waals surface area contributed by atoms with Gasteiger partial charge in [0.15, 0.2) is 14.8 Å². The molecule has 184 valence electrons. The molecular weight excluding hydrogens is 480 g/mol. The number of hydrogen-bond donors (Lipinski definition) is 0. The Balaban J connectivity index is 1.50. The first kappa shape index (κ1) is 24.0. The van der Waals surface area contributed by atoms with Crippen molar-refractivity contribution in [1.29, 1.82) is 0 Å². The van der Waals surface area contributed by atoms with E-state index in [0.29, 0.717) is 23.8 Å². The first-order chi connectivity index (χ1) is 16.7. The molecule has 0 N–H and O–H groups in total. The number of hydrogen-bond acceptors (Lipinski definition) is 6. The third kappa shape index (κ3) is 4.85. The van der Waals surface area contributed by atoms with E-state index in [1.54, 1.807) is 12.1 Å². The molecule has 0 unspecified atom stereocenters. The van der Waals surface area contributed by atoms with Gasteiger partial charge in [0, 0.05) is 51.0 Å². The Kier molecular flexibility index (Phi) is 6.41. The summed E-state index contributed by atoms with van der Waals surface area (Å²) >= 11 is 1.51. The van der Waals surface area contributed by atoms with Crippen LogP contribution in [0.15, 0.2) is 53.4 Å². The van der Waals surface area contributed by atoms with Gasteiger partial charge in [0.25, 0.3) is 0 Å². The van der Waals surface area contributed by atoms with Crippen LogP contribution in [0.25, 0.3) is 26.4 Å². The van der Waals surface area contributed by atoms with Crippen molar-refractivity contribution in [3.05, 3.63) is 54.2 Å². The molecule has 2 aromatic heterocycles. The van der Waals surface area contributed by atoms with E-state index >= 15 is 0 Å². The zero-order chi connectivity index (χ0) is 24.7. The molecule has 3 heterocycles. The summed E-state index contributed by atoms with van der Waals surface area (Å²) < 4.78 is 27.2. The standard InChI is InChI=1S/C26H30N4O3S2/c1-18(2)15-24(31)29-13-11-28(12-14-29)17-22-25(19-7-5-4-6-8-19)27-26-30(22)21-10-9-20(35(3,32)33)16-23(21)34-26/h4-10,16,18H,11-15,17H2,1-3H3. The van der Waals surface area contributed by atoms with Gasteiger partial charge >= 0.3 is 0 Å². The van der Waals surface area contributed by atoms with Gasteiger partial charge in [0.2, 0.25) is 5.91 Å². The number of sulfone groups is 1. The molecule has 5 rings (SSSR count). The van der Waals surface area contributed by atoms with Crippen molar-refractivity contribution in [2.24, 2.45) is 5.92 Å². The molecule has 35 heavy (non-hydrogen) atoms. The Morgan fingerprint density at radius 1 is 1.06 bits per heavy atom. The highest BCUT2D eigenvalue weighted by Gasteiger charge is 2.25. The summed E-state index contributed by atoms with van der Waals surface area (Å²) in [6.45, 7) is 7.95. The lowest BCUT2D eigenvalue weighted by Gasteiger charge is -2.35. The molecule has 2 aromatic carbocycles. The number of aromatic nitrogens is 2. The maximum absolute atomic E-state index is 12.5. The van der Waals surface area contributed by atoms with Crippen LogP contribution < -0.4 is 0 Å². The Labute approximate surface area is 209 Å². The normalized spacial score (nSPS) is 15.5. The van der Waals surface area contributed by atoms with Gasteiger partial charge in [-0.1, -0.05) is 55.5 Å². The highest BCUT2D eigenvalue weighted by atomic mass is 32.2. The smallest absolute Gasteiger partial charge is 0.222 e. The molecule has 1 fully saturated rings. The van der Waals surface area contributed by atoms with E-state index in [1.165, 1.54) is 17.6 Å². The summed E-state index contributed by atoms with van der Waals surface area (Å²) in [6.07, 6.45) is 1.83. The SMILES string of the molecule is CC(C)CC(=O)N1CCN(Cc2c(-c3ccccc3)nc3sc4cc(S(C)(=O)=O)ccc4n23)CC1. The van der Waals surface area contributed by atoms with E-state index in [9.17, 15) is 13.2 Å². The van der Waals surface area contributed by atoms with E-state index in [1.807, 2.05) is 29.2 Å². The fraction of sp³-hybridized carbons (Fsp3) is 0.385. The summed E-state index contributed by atoms with van der Waals surface area (Å²) in [5.74, 6) is 0.603. The second kappa shape index (κ2) is 9.37. The monoisotopic (exact) mass is 510 g/mol. The van der Waals surface area contributed by atoms with E-state index < -0.39 is 9.84 Å². The molecule has 1 aliphatic rings. The Morgan fingerprint density at radius 3 is 2.43 bits per heavy atom. The van der Waals surface area contributed by atoms with Crippen molar-refractivity contribution >= 4 is 42.3 Å². The molecule has 1 saturated heterocycles. The van der Waals surface area contributed by atoms with Crippen LogP contribution in [0.4, 0.5) is 0 Å². The number of thiazole rings is 1.